The van der Waals surface area contributed by atoms with Crippen LogP contribution in [-0.2, 0) is 6.42 Å². The molecular weight excluding hydrogens is 242 g/mol. The molecule has 1 aliphatic carbocycles. The number of aromatic amines is 1. The SMILES string of the molecule is CCCc1nc(C(=O)N(C)C2CCCC2CN)n[nH]1. The maximum Gasteiger partial charge on any atom is 0.293 e. The van der Waals surface area contributed by atoms with E-state index >= 15 is 0 Å². The summed E-state index contributed by atoms with van der Waals surface area (Å²) in [5.41, 5.74) is 5.77. The first kappa shape index (κ1) is 14.0. The van der Waals surface area contributed by atoms with Crippen LogP contribution in [0.1, 0.15) is 49.1 Å². The molecule has 1 heterocycles. The molecule has 19 heavy (non-hydrogen) atoms. The Morgan fingerprint density at radius 1 is 1.53 bits per heavy atom. The van der Waals surface area contributed by atoms with Gasteiger partial charge in [0.1, 0.15) is 5.82 Å². The zero-order valence-electron chi connectivity index (χ0n) is 11.7. The molecule has 1 fully saturated rings. The number of carbonyl (C=O) groups is 1. The minimum absolute atomic E-state index is 0.107. The number of hydrogen-bond donors (Lipinski definition) is 2. The summed E-state index contributed by atoms with van der Waals surface area (Å²) in [7, 11) is 1.83. The fourth-order valence-corrected chi connectivity index (χ4v) is 2.85. The van der Waals surface area contributed by atoms with Gasteiger partial charge in [-0.3, -0.25) is 9.89 Å². The number of amides is 1. The van der Waals surface area contributed by atoms with Gasteiger partial charge in [0.05, 0.1) is 0 Å². The average molecular weight is 265 g/mol. The van der Waals surface area contributed by atoms with E-state index in [0.29, 0.717) is 12.5 Å². The van der Waals surface area contributed by atoms with Gasteiger partial charge in [-0.2, -0.15) is 0 Å². The molecule has 0 saturated heterocycles. The summed E-state index contributed by atoms with van der Waals surface area (Å²) in [6.45, 7) is 2.71. The summed E-state index contributed by atoms with van der Waals surface area (Å²) >= 11 is 0. The molecule has 0 aromatic carbocycles. The molecule has 2 atom stereocenters. The van der Waals surface area contributed by atoms with Crippen LogP contribution in [0, 0.1) is 5.92 Å². The van der Waals surface area contributed by atoms with Gasteiger partial charge in [0.25, 0.3) is 5.91 Å². The van der Waals surface area contributed by atoms with Gasteiger partial charge in [0, 0.05) is 19.5 Å². The minimum atomic E-state index is -0.107. The second-order valence-electron chi connectivity index (χ2n) is 5.27. The fourth-order valence-electron chi connectivity index (χ4n) is 2.85. The predicted octanol–water partition coefficient (Wildman–Crippen LogP) is 0.957. The molecule has 6 nitrogen and oxygen atoms in total. The lowest BCUT2D eigenvalue weighted by molar-refractivity contribution is 0.0688. The molecule has 106 valence electrons. The first-order valence-electron chi connectivity index (χ1n) is 7.05. The highest BCUT2D eigenvalue weighted by Gasteiger charge is 2.33. The highest BCUT2D eigenvalue weighted by atomic mass is 16.2. The molecule has 6 heteroatoms. The lowest BCUT2D eigenvalue weighted by Gasteiger charge is -2.28. The summed E-state index contributed by atoms with van der Waals surface area (Å²) < 4.78 is 0. The van der Waals surface area contributed by atoms with Gasteiger partial charge in [-0.1, -0.05) is 13.3 Å². The topological polar surface area (TPSA) is 87.9 Å². The van der Waals surface area contributed by atoms with Crippen molar-refractivity contribution in [2.24, 2.45) is 11.7 Å². The number of hydrogen-bond acceptors (Lipinski definition) is 4. The van der Waals surface area contributed by atoms with Crippen LogP contribution in [-0.4, -0.2) is 45.6 Å². The summed E-state index contributed by atoms with van der Waals surface area (Å²) in [6.07, 6.45) is 5.07. The third-order valence-corrected chi connectivity index (χ3v) is 3.95. The Hall–Kier alpha value is -1.43. The van der Waals surface area contributed by atoms with E-state index in [-0.39, 0.29) is 17.8 Å². The molecule has 1 aromatic rings. The normalized spacial score (nSPS) is 22.7. The van der Waals surface area contributed by atoms with Crippen molar-refractivity contribution in [1.82, 2.24) is 20.1 Å². The van der Waals surface area contributed by atoms with Crippen molar-refractivity contribution < 1.29 is 4.79 Å². The van der Waals surface area contributed by atoms with Crippen LogP contribution in [0.5, 0.6) is 0 Å². The monoisotopic (exact) mass is 265 g/mol. The Balaban J connectivity index is 2.05. The van der Waals surface area contributed by atoms with Crippen LogP contribution in [0.15, 0.2) is 0 Å². The van der Waals surface area contributed by atoms with E-state index in [1.54, 1.807) is 4.90 Å². The van der Waals surface area contributed by atoms with Gasteiger partial charge in [0.15, 0.2) is 0 Å². The molecular formula is C13H23N5O. The second-order valence-corrected chi connectivity index (χ2v) is 5.27. The maximum atomic E-state index is 12.4. The van der Waals surface area contributed by atoms with E-state index in [0.717, 1.165) is 37.9 Å². The van der Waals surface area contributed by atoms with Crippen molar-refractivity contribution in [3.05, 3.63) is 11.6 Å². The van der Waals surface area contributed by atoms with E-state index in [2.05, 4.69) is 22.1 Å². The summed E-state index contributed by atoms with van der Waals surface area (Å²) in [4.78, 5) is 18.4. The first-order chi connectivity index (χ1) is 9.17. The summed E-state index contributed by atoms with van der Waals surface area (Å²) in [5, 5.41) is 6.84. The fraction of sp³-hybridized carbons (Fsp3) is 0.769. The third kappa shape index (κ3) is 2.94. The number of nitrogens with zero attached hydrogens (tertiary/aromatic N) is 3. The number of rotatable bonds is 5. The third-order valence-electron chi connectivity index (χ3n) is 3.95. The van der Waals surface area contributed by atoms with Crippen LogP contribution in [0.3, 0.4) is 0 Å². The number of aromatic nitrogens is 3. The van der Waals surface area contributed by atoms with Crippen molar-refractivity contribution >= 4 is 5.91 Å². The number of carbonyl (C=O) groups excluding carboxylic acids is 1. The smallest absolute Gasteiger partial charge is 0.293 e. The second kappa shape index (κ2) is 6.14. The van der Waals surface area contributed by atoms with E-state index in [1.165, 1.54) is 0 Å². The molecule has 1 aromatic heterocycles. The quantitative estimate of drug-likeness (QED) is 0.830. The Kier molecular flexibility index (Phi) is 4.52. The van der Waals surface area contributed by atoms with Crippen LogP contribution in [0.4, 0.5) is 0 Å². The molecule has 1 saturated carbocycles. The van der Waals surface area contributed by atoms with Gasteiger partial charge >= 0.3 is 0 Å². The van der Waals surface area contributed by atoms with Crippen LogP contribution >= 0.6 is 0 Å². The number of nitrogens with one attached hydrogen (secondary N) is 1. The Morgan fingerprint density at radius 3 is 3.00 bits per heavy atom. The van der Waals surface area contributed by atoms with Gasteiger partial charge in [0.2, 0.25) is 5.82 Å². The molecule has 0 spiro atoms. The lowest BCUT2D eigenvalue weighted by Crippen LogP contribution is -2.41. The van der Waals surface area contributed by atoms with Crippen LogP contribution < -0.4 is 5.73 Å². The van der Waals surface area contributed by atoms with Gasteiger partial charge < -0.3 is 10.6 Å². The molecule has 2 rings (SSSR count). The zero-order valence-corrected chi connectivity index (χ0v) is 11.7. The van der Waals surface area contributed by atoms with Crippen molar-refractivity contribution in [1.29, 1.82) is 0 Å². The molecule has 0 bridgehead atoms. The predicted molar refractivity (Wildman–Crippen MR) is 72.7 cm³/mol. The van der Waals surface area contributed by atoms with Crippen LogP contribution in [0.2, 0.25) is 0 Å². The minimum Gasteiger partial charge on any atom is -0.336 e. The highest BCUT2D eigenvalue weighted by Crippen LogP contribution is 2.28. The zero-order chi connectivity index (χ0) is 13.8. The highest BCUT2D eigenvalue weighted by molar-refractivity contribution is 5.90. The molecule has 1 amide bonds. The lowest BCUT2D eigenvalue weighted by atomic mass is 10.0. The largest absolute Gasteiger partial charge is 0.336 e. The van der Waals surface area contributed by atoms with Crippen molar-refractivity contribution in [3.63, 3.8) is 0 Å². The molecule has 3 N–H and O–H groups in total. The molecule has 0 radical (unpaired) electrons. The van der Waals surface area contributed by atoms with Crippen LogP contribution in [0.25, 0.3) is 0 Å². The standard InChI is InChI=1S/C13H23N5O/c1-3-5-11-15-12(17-16-11)13(19)18(2)10-7-4-6-9(10)8-14/h9-10H,3-8,14H2,1-2H3,(H,15,16,17). The van der Waals surface area contributed by atoms with Gasteiger partial charge in [-0.25, -0.2) is 4.98 Å². The number of aryl methyl sites for hydroxylation is 1. The van der Waals surface area contributed by atoms with Crippen molar-refractivity contribution in [3.8, 4) is 0 Å². The average Bonchev–Trinajstić information content (AvgIpc) is 3.05. The first-order valence-corrected chi connectivity index (χ1v) is 7.05. The molecule has 1 aliphatic rings. The van der Waals surface area contributed by atoms with Gasteiger partial charge in [-0.05, 0) is 31.7 Å². The molecule has 2 unspecified atom stereocenters. The Morgan fingerprint density at radius 2 is 2.32 bits per heavy atom. The maximum absolute atomic E-state index is 12.4. The Labute approximate surface area is 113 Å². The number of nitrogens with two attached hydrogens (primary N) is 1. The van der Waals surface area contributed by atoms with E-state index < -0.39 is 0 Å². The Bertz CT molecular complexity index is 430. The van der Waals surface area contributed by atoms with E-state index in [1.807, 2.05) is 7.05 Å². The number of H-pyrrole nitrogens is 1. The summed E-state index contributed by atoms with van der Waals surface area (Å²) in [6, 6.07) is 0.227. The van der Waals surface area contributed by atoms with Crippen molar-refractivity contribution in [2.75, 3.05) is 13.6 Å². The summed E-state index contributed by atoms with van der Waals surface area (Å²) in [5.74, 6) is 1.35. The van der Waals surface area contributed by atoms with Crippen molar-refractivity contribution in [2.45, 2.75) is 45.1 Å². The van der Waals surface area contributed by atoms with E-state index in [4.69, 9.17) is 5.73 Å². The molecule has 0 aliphatic heterocycles. The van der Waals surface area contributed by atoms with Gasteiger partial charge in [-0.15, -0.1) is 5.10 Å². The van der Waals surface area contributed by atoms with E-state index in [9.17, 15) is 4.79 Å².